The summed E-state index contributed by atoms with van der Waals surface area (Å²) in [6.45, 7) is 0.690. The van der Waals surface area contributed by atoms with Crippen molar-refractivity contribution in [1.82, 2.24) is 0 Å². The van der Waals surface area contributed by atoms with Gasteiger partial charge in [0.2, 0.25) is 0 Å². The number of nitrogens with one attached hydrogen (secondary N) is 1. The highest BCUT2D eigenvalue weighted by molar-refractivity contribution is 6.33. The zero-order valence-corrected chi connectivity index (χ0v) is 12.2. The first kappa shape index (κ1) is 15.0. The molecule has 0 bridgehead atoms. The van der Waals surface area contributed by atoms with Gasteiger partial charge < -0.3 is 10.1 Å². The minimum Gasteiger partial charge on any atom is -0.381 e. The molecule has 116 valence electrons. The quantitative estimate of drug-likeness (QED) is 0.839. The lowest BCUT2D eigenvalue weighted by Gasteiger charge is -2.47. The Morgan fingerprint density at radius 3 is 2.62 bits per heavy atom. The van der Waals surface area contributed by atoms with Crippen LogP contribution in [0.4, 0.5) is 18.9 Å². The Hall–Kier alpha value is -0.940. The Morgan fingerprint density at radius 2 is 2.05 bits per heavy atom. The van der Waals surface area contributed by atoms with Gasteiger partial charge in [-0.25, -0.2) is 0 Å². The number of alkyl halides is 3. The average molecular weight is 320 g/mol. The number of anilines is 1. The van der Waals surface area contributed by atoms with Gasteiger partial charge in [-0.2, -0.15) is 13.2 Å². The van der Waals surface area contributed by atoms with Gasteiger partial charge in [-0.3, -0.25) is 0 Å². The SMILES string of the molecule is FC(F)(F)c1ccc(NC2CCOC3(CCC3)C2)c(Cl)c1. The van der Waals surface area contributed by atoms with Gasteiger partial charge in [0.15, 0.2) is 0 Å². The van der Waals surface area contributed by atoms with Gasteiger partial charge in [-0.05, 0) is 50.3 Å². The summed E-state index contributed by atoms with van der Waals surface area (Å²) in [6, 6.07) is 3.65. The monoisotopic (exact) mass is 319 g/mol. The Labute approximate surface area is 126 Å². The number of halogens is 4. The van der Waals surface area contributed by atoms with Crippen molar-refractivity contribution in [3.05, 3.63) is 28.8 Å². The van der Waals surface area contributed by atoms with E-state index in [9.17, 15) is 13.2 Å². The van der Waals surface area contributed by atoms with Crippen molar-refractivity contribution in [2.45, 2.75) is 49.9 Å². The van der Waals surface area contributed by atoms with Gasteiger partial charge in [0.05, 0.1) is 21.9 Å². The van der Waals surface area contributed by atoms with Crippen LogP contribution in [0.5, 0.6) is 0 Å². The molecule has 2 aliphatic rings. The molecule has 1 N–H and O–H groups in total. The zero-order valence-electron chi connectivity index (χ0n) is 11.5. The molecule has 1 saturated carbocycles. The lowest BCUT2D eigenvalue weighted by atomic mass is 9.74. The molecular formula is C15H17ClF3NO. The Kier molecular flexibility index (Phi) is 3.82. The first-order valence-electron chi connectivity index (χ1n) is 7.15. The molecule has 2 nitrogen and oxygen atoms in total. The third-order valence-electron chi connectivity index (χ3n) is 4.41. The Bertz CT molecular complexity index is 528. The van der Waals surface area contributed by atoms with Gasteiger partial charge in [0, 0.05) is 12.6 Å². The van der Waals surface area contributed by atoms with E-state index in [1.807, 2.05) is 0 Å². The highest BCUT2D eigenvalue weighted by Gasteiger charge is 2.42. The van der Waals surface area contributed by atoms with E-state index in [1.54, 1.807) is 0 Å². The molecule has 1 heterocycles. The number of ether oxygens (including phenoxy) is 1. The van der Waals surface area contributed by atoms with Crippen molar-refractivity contribution < 1.29 is 17.9 Å². The van der Waals surface area contributed by atoms with Crippen LogP contribution in [0.3, 0.4) is 0 Å². The second kappa shape index (κ2) is 5.36. The molecule has 0 radical (unpaired) electrons. The molecule has 1 atom stereocenters. The number of benzene rings is 1. The Balaban J connectivity index is 1.70. The third kappa shape index (κ3) is 3.14. The van der Waals surface area contributed by atoms with Gasteiger partial charge in [-0.1, -0.05) is 11.6 Å². The molecule has 0 amide bonds. The normalized spacial score (nSPS) is 24.7. The van der Waals surface area contributed by atoms with E-state index in [0.717, 1.165) is 37.8 Å². The van der Waals surface area contributed by atoms with Crippen LogP contribution in [0, 0.1) is 0 Å². The van der Waals surface area contributed by atoms with Gasteiger partial charge in [-0.15, -0.1) is 0 Å². The summed E-state index contributed by atoms with van der Waals surface area (Å²) in [5.74, 6) is 0. The molecule has 3 rings (SSSR count). The maximum absolute atomic E-state index is 12.6. The standard InChI is InChI=1S/C15H17ClF3NO/c16-12-8-10(15(17,18)19)2-3-13(12)20-11-4-7-21-14(9-11)5-1-6-14/h2-3,8,11,20H,1,4-7,9H2. The van der Waals surface area contributed by atoms with Crippen molar-refractivity contribution >= 4 is 17.3 Å². The van der Waals surface area contributed by atoms with Crippen molar-refractivity contribution in [2.24, 2.45) is 0 Å². The summed E-state index contributed by atoms with van der Waals surface area (Å²) >= 11 is 5.98. The molecule has 1 aliphatic heterocycles. The van der Waals surface area contributed by atoms with Crippen molar-refractivity contribution in [1.29, 1.82) is 0 Å². The maximum Gasteiger partial charge on any atom is 0.416 e. The lowest BCUT2D eigenvalue weighted by Crippen LogP contribution is -2.49. The molecule has 1 aromatic rings. The summed E-state index contributed by atoms with van der Waals surface area (Å²) in [7, 11) is 0. The van der Waals surface area contributed by atoms with E-state index >= 15 is 0 Å². The second-order valence-electron chi connectivity index (χ2n) is 5.91. The molecule has 6 heteroatoms. The number of hydrogen-bond acceptors (Lipinski definition) is 2. The molecule has 21 heavy (non-hydrogen) atoms. The fourth-order valence-corrected chi connectivity index (χ4v) is 3.33. The third-order valence-corrected chi connectivity index (χ3v) is 4.73. The van der Waals surface area contributed by atoms with Crippen LogP contribution in [-0.2, 0) is 10.9 Å². The zero-order chi connectivity index (χ0) is 15.1. The first-order valence-corrected chi connectivity index (χ1v) is 7.53. The summed E-state index contributed by atoms with van der Waals surface area (Å²) in [5.41, 5.74) is -0.166. The predicted molar refractivity (Wildman–Crippen MR) is 75.6 cm³/mol. The second-order valence-corrected chi connectivity index (χ2v) is 6.32. The highest BCUT2D eigenvalue weighted by atomic mass is 35.5. The number of rotatable bonds is 2. The van der Waals surface area contributed by atoms with Crippen LogP contribution >= 0.6 is 11.6 Å². The highest BCUT2D eigenvalue weighted by Crippen LogP contribution is 2.43. The van der Waals surface area contributed by atoms with E-state index < -0.39 is 11.7 Å². The van der Waals surface area contributed by atoms with Gasteiger partial charge in [0.25, 0.3) is 0 Å². The fraction of sp³-hybridized carbons (Fsp3) is 0.600. The summed E-state index contributed by atoms with van der Waals surface area (Å²) < 4.78 is 43.7. The van der Waals surface area contributed by atoms with Gasteiger partial charge in [0.1, 0.15) is 0 Å². The van der Waals surface area contributed by atoms with Crippen molar-refractivity contribution in [3.8, 4) is 0 Å². The van der Waals surface area contributed by atoms with Crippen LogP contribution in [0.1, 0.15) is 37.7 Å². The first-order chi connectivity index (χ1) is 9.88. The number of hydrogen-bond donors (Lipinski definition) is 1. The predicted octanol–water partition coefficient (Wildman–Crippen LogP) is 4.87. The smallest absolute Gasteiger partial charge is 0.381 e. The van der Waals surface area contributed by atoms with E-state index in [-0.39, 0.29) is 16.7 Å². The summed E-state index contributed by atoms with van der Waals surface area (Å²) in [4.78, 5) is 0. The lowest BCUT2D eigenvalue weighted by molar-refractivity contribution is -0.137. The average Bonchev–Trinajstić information content (AvgIpc) is 2.38. The molecule has 1 aliphatic carbocycles. The van der Waals surface area contributed by atoms with Crippen molar-refractivity contribution in [2.75, 3.05) is 11.9 Å². The Morgan fingerprint density at radius 1 is 1.29 bits per heavy atom. The maximum atomic E-state index is 12.6. The van der Waals surface area contributed by atoms with E-state index in [2.05, 4.69) is 5.32 Å². The molecule has 1 saturated heterocycles. The summed E-state index contributed by atoms with van der Waals surface area (Å²) in [5, 5.41) is 3.38. The molecule has 0 aromatic heterocycles. The van der Waals surface area contributed by atoms with Crippen LogP contribution in [0.2, 0.25) is 5.02 Å². The van der Waals surface area contributed by atoms with Crippen LogP contribution in [0.15, 0.2) is 18.2 Å². The van der Waals surface area contributed by atoms with E-state index in [1.165, 1.54) is 12.5 Å². The molecule has 1 spiro atoms. The minimum atomic E-state index is -4.36. The minimum absolute atomic E-state index is 0.00565. The van der Waals surface area contributed by atoms with Crippen LogP contribution in [0.25, 0.3) is 0 Å². The fourth-order valence-electron chi connectivity index (χ4n) is 3.10. The van der Waals surface area contributed by atoms with Gasteiger partial charge >= 0.3 is 6.18 Å². The largest absolute Gasteiger partial charge is 0.416 e. The van der Waals surface area contributed by atoms with Crippen LogP contribution in [-0.4, -0.2) is 18.2 Å². The van der Waals surface area contributed by atoms with E-state index in [4.69, 9.17) is 16.3 Å². The molecule has 1 unspecified atom stereocenters. The van der Waals surface area contributed by atoms with Crippen LogP contribution < -0.4 is 5.32 Å². The summed E-state index contributed by atoms with van der Waals surface area (Å²) in [6.07, 6.45) is 0.714. The topological polar surface area (TPSA) is 21.3 Å². The molecule has 2 fully saturated rings. The molecular weight excluding hydrogens is 303 g/mol. The van der Waals surface area contributed by atoms with Crippen molar-refractivity contribution in [3.63, 3.8) is 0 Å². The van der Waals surface area contributed by atoms with E-state index in [0.29, 0.717) is 12.3 Å². The molecule has 1 aromatic carbocycles.